The van der Waals surface area contributed by atoms with Crippen molar-refractivity contribution < 1.29 is 14.3 Å². The molecular formula is C16H18ClN3O3. The second-order valence-corrected chi connectivity index (χ2v) is 5.76. The molecule has 0 fully saturated rings. The standard InChI is InChI=1S/C16H18ClN3O3/c1-10-15(17)11(2)20(19-10)7-3-6-18-16(21)12-4-5-13-14(8-12)23-9-22-13/h4-5,8H,3,6-7,9H2,1-2H3,(H,18,21). The minimum Gasteiger partial charge on any atom is -0.454 e. The molecule has 0 aliphatic carbocycles. The van der Waals surface area contributed by atoms with Gasteiger partial charge in [-0.3, -0.25) is 9.48 Å². The zero-order chi connectivity index (χ0) is 16.4. The number of carbonyl (C=O) groups is 1. The third kappa shape index (κ3) is 3.27. The van der Waals surface area contributed by atoms with Crippen molar-refractivity contribution in [2.75, 3.05) is 13.3 Å². The second-order valence-electron chi connectivity index (χ2n) is 5.39. The maximum atomic E-state index is 12.1. The van der Waals surface area contributed by atoms with Crippen molar-refractivity contribution in [3.8, 4) is 11.5 Å². The minimum absolute atomic E-state index is 0.130. The van der Waals surface area contributed by atoms with Crippen molar-refractivity contribution in [1.82, 2.24) is 15.1 Å². The Labute approximate surface area is 139 Å². The molecule has 1 aromatic heterocycles. The number of hydrogen-bond acceptors (Lipinski definition) is 4. The van der Waals surface area contributed by atoms with Gasteiger partial charge >= 0.3 is 0 Å². The summed E-state index contributed by atoms with van der Waals surface area (Å²) in [6.45, 7) is 5.29. The SMILES string of the molecule is Cc1nn(CCCNC(=O)c2ccc3c(c2)OCO3)c(C)c1Cl. The molecule has 0 atom stereocenters. The zero-order valence-electron chi connectivity index (χ0n) is 13.1. The highest BCUT2D eigenvalue weighted by atomic mass is 35.5. The van der Waals surface area contributed by atoms with Gasteiger partial charge in [-0.2, -0.15) is 5.10 Å². The topological polar surface area (TPSA) is 65.4 Å². The van der Waals surface area contributed by atoms with Crippen LogP contribution in [-0.4, -0.2) is 29.0 Å². The number of halogens is 1. The average molecular weight is 336 g/mol. The summed E-state index contributed by atoms with van der Waals surface area (Å²) < 4.78 is 12.4. The maximum absolute atomic E-state index is 12.1. The first-order valence-corrected chi connectivity index (χ1v) is 7.81. The number of aromatic nitrogens is 2. The fraction of sp³-hybridized carbons (Fsp3) is 0.375. The summed E-state index contributed by atoms with van der Waals surface area (Å²) in [6.07, 6.45) is 0.772. The Morgan fingerprint density at radius 1 is 1.35 bits per heavy atom. The van der Waals surface area contributed by atoms with Crippen LogP contribution in [0.3, 0.4) is 0 Å². The molecule has 2 heterocycles. The van der Waals surface area contributed by atoms with Gasteiger partial charge in [-0.25, -0.2) is 0 Å². The first kappa shape index (κ1) is 15.7. The Hall–Kier alpha value is -2.21. The van der Waals surface area contributed by atoms with E-state index >= 15 is 0 Å². The molecule has 1 amide bonds. The van der Waals surface area contributed by atoms with E-state index in [0.29, 0.717) is 35.2 Å². The number of ether oxygens (including phenoxy) is 2. The number of nitrogens with one attached hydrogen (secondary N) is 1. The van der Waals surface area contributed by atoms with Gasteiger partial charge < -0.3 is 14.8 Å². The van der Waals surface area contributed by atoms with E-state index in [1.165, 1.54) is 0 Å². The van der Waals surface area contributed by atoms with Gasteiger partial charge in [0.25, 0.3) is 5.91 Å². The second kappa shape index (κ2) is 6.50. The first-order chi connectivity index (χ1) is 11.1. The third-order valence-corrected chi connectivity index (χ3v) is 4.31. The molecule has 0 saturated heterocycles. The zero-order valence-corrected chi connectivity index (χ0v) is 13.8. The maximum Gasteiger partial charge on any atom is 0.251 e. The Morgan fingerprint density at radius 2 is 2.13 bits per heavy atom. The molecule has 1 N–H and O–H groups in total. The monoisotopic (exact) mass is 335 g/mol. The van der Waals surface area contributed by atoms with Gasteiger partial charge in [0.05, 0.1) is 16.4 Å². The van der Waals surface area contributed by atoms with Crippen LogP contribution in [0.25, 0.3) is 0 Å². The Balaban J connectivity index is 1.50. The van der Waals surface area contributed by atoms with Crippen molar-refractivity contribution in [3.05, 3.63) is 40.2 Å². The van der Waals surface area contributed by atoms with Crippen molar-refractivity contribution in [2.24, 2.45) is 0 Å². The van der Waals surface area contributed by atoms with Gasteiger partial charge in [-0.1, -0.05) is 11.6 Å². The summed E-state index contributed by atoms with van der Waals surface area (Å²) in [7, 11) is 0. The highest BCUT2D eigenvalue weighted by Gasteiger charge is 2.16. The molecule has 1 aromatic carbocycles. The lowest BCUT2D eigenvalue weighted by atomic mass is 10.2. The molecule has 122 valence electrons. The summed E-state index contributed by atoms with van der Waals surface area (Å²) in [6, 6.07) is 5.16. The molecule has 1 aliphatic rings. The van der Waals surface area contributed by atoms with E-state index in [9.17, 15) is 4.79 Å². The smallest absolute Gasteiger partial charge is 0.251 e. The molecule has 0 radical (unpaired) electrons. The molecule has 0 saturated carbocycles. The van der Waals surface area contributed by atoms with Crippen LogP contribution in [0.2, 0.25) is 5.02 Å². The van der Waals surface area contributed by atoms with E-state index < -0.39 is 0 Å². The van der Waals surface area contributed by atoms with Crippen LogP contribution in [0.1, 0.15) is 28.2 Å². The molecule has 1 aliphatic heterocycles. The van der Waals surface area contributed by atoms with E-state index in [-0.39, 0.29) is 12.7 Å². The van der Waals surface area contributed by atoms with Gasteiger partial charge in [0.15, 0.2) is 11.5 Å². The van der Waals surface area contributed by atoms with E-state index in [2.05, 4.69) is 10.4 Å². The van der Waals surface area contributed by atoms with Crippen LogP contribution < -0.4 is 14.8 Å². The Bertz CT molecular complexity index is 742. The molecule has 0 spiro atoms. The molecule has 0 unspecified atom stereocenters. The number of fused-ring (bicyclic) bond motifs is 1. The fourth-order valence-corrected chi connectivity index (χ4v) is 2.60. The highest BCUT2D eigenvalue weighted by Crippen LogP contribution is 2.32. The van der Waals surface area contributed by atoms with Crippen molar-refractivity contribution in [1.29, 1.82) is 0 Å². The van der Waals surface area contributed by atoms with Crippen molar-refractivity contribution >= 4 is 17.5 Å². The van der Waals surface area contributed by atoms with Gasteiger partial charge in [-0.15, -0.1) is 0 Å². The number of benzene rings is 1. The van der Waals surface area contributed by atoms with Crippen molar-refractivity contribution in [3.63, 3.8) is 0 Å². The Morgan fingerprint density at radius 3 is 2.87 bits per heavy atom. The molecule has 7 heteroatoms. The summed E-state index contributed by atoms with van der Waals surface area (Å²) >= 11 is 6.11. The number of carbonyl (C=O) groups excluding carboxylic acids is 1. The van der Waals surface area contributed by atoms with Crippen LogP contribution >= 0.6 is 11.6 Å². The molecular weight excluding hydrogens is 318 g/mol. The number of amides is 1. The molecule has 3 rings (SSSR count). The van der Waals surface area contributed by atoms with Crippen LogP contribution in [0.5, 0.6) is 11.5 Å². The Kier molecular flexibility index (Phi) is 4.43. The number of nitrogens with zero attached hydrogens (tertiary/aromatic N) is 2. The lowest BCUT2D eigenvalue weighted by Crippen LogP contribution is -2.25. The van der Waals surface area contributed by atoms with Gasteiger partial charge in [0.1, 0.15) is 0 Å². The quantitative estimate of drug-likeness (QED) is 0.853. The predicted molar refractivity (Wildman–Crippen MR) is 86.2 cm³/mol. The molecule has 0 bridgehead atoms. The fourth-order valence-electron chi connectivity index (χ4n) is 2.46. The van der Waals surface area contributed by atoms with E-state index in [1.54, 1.807) is 18.2 Å². The first-order valence-electron chi connectivity index (χ1n) is 7.43. The largest absolute Gasteiger partial charge is 0.454 e. The molecule has 2 aromatic rings. The average Bonchev–Trinajstić information content (AvgIpc) is 3.11. The normalized spacial score (nSPS) is 12.5. The van der Waals surface area contributed by atoms with Gasteiger partial charge in [-0.05, 0) is 38.5 Å². The van der Waals surface area contributed by atoms with E-state index in [4.69, 9.17) is 21.1 Å². The van der Waals surface area contributed by atoms with E-state index in [0.717, 1.165) is 17.8 Å². The summed E-state index contributed by atoms with van der Waals surface area (Å²) in [5.41, 5.74) is 2.34. The minimum atomic E-state index is -0.130. The van der Waals surface area contributed by atoms with Gasteiger partial charge in [0, 0.05) is 18.7 Å². The van der Waals surface area contributed by atoms with Gasteiger partial charge in [0.2, 0.25) is 6.79 Å². The molecule has 23 heavy (non-hydrogen) atoms. The molecule has 6 nitrogen and oxygen atoms in total. The van der Waals surface area contributed by atoms with Crippen LogP contribution in [0.4, 0.5) is 0 Å². The van der Waals surface area contributed by atoms with E-state index in [1.807, 2.05) is 18.5 Å². The lowest BCUT2D eigenvalue weighted by Gasteiger charge is -2.07. The number of hydrogen-bond donors (Lipinski definition) is 1. The van der Waals surface area contributed by atoms with Crippen LogP contribution in [0, 0.1) is 13.8 Å². The third-order valence-electron chi connectivity index (χ3n) is 3.76. The summed E-state index contributed by atoms with van der Waals surface area (Å²) in [5.74, 6) is 1.15. The number of rotatable bonds is 5. The number of aryl methyl sites for hydroxylation is 2. The predicted octanol–water partition coefficient (Wildman–Crippen LogP) is 2.70. The van der Waals surface area contributed by atoms with Crippen LogP contribution in [0.15, 0.2) is 18.2 Å². The van der Waals surface area contributed by atoms with Crippen molar-refractivity contribution in [2.45, 2.75) is 26.8 Å². The lowest BCUT2D eigenvalue weighted by molar-refractivity contribution is 0.0952. The summed E-state index contributed by atoms with van der Waals surface area (Å²) in [4.78, 5) is 12.1. The highest BCUT2D eigenvalue weighted by molar-refractivity contribution is 6.31. The van der Waals surface area contributed by atoms with Crippen LogP contribution in [-0.2, 0) is 6.54 Å². The summed E-state index contributed by atoms with van der Waals surface area (Å²) in [5, 5.41) is 7.96.